The summed E-state index contributed by atoms with van der Waals surface area (Å²) in [6.07, 6.45) is 4.11. The summed E-state index contributed by atoms with van der Waals surface area (Å²) in [4.78, 5) is 21.1. The Bertz CT molecular complexity index is 697. The lowest BCUT2D eigenvalue weighted by atomic mass is 10.1. The summed E-state index contributed by atoms with van der Waals surface area (Å²) in [6.45, 7) is 5.90. The van der Waals surface area contributed by atoms with E-state index in [2.05, 4.69) is 34.4 Å². The fourth-order valence-electron chi connectivity index (χ4n) is 2.94. The zero-order valence-electron chi connectivity index (χ0n) is 13.5. The largest absolute Gasteiger partial charge is 0.395 e. The average Bonchev–Trinajstić information content (AvgIpc) is 3.13. The molecule has 2 aromatic heterocycles. The van der Waals surface area contributed by atoms with E-state index >= 15 is 0 Å². The van der Waals surface area contributed by atoms with Crippen LogP contribution in [0.15, 0.2) is 18.6 Å². The van der Waals surface area contributed by atoms with Crippen molar-refractivity contribution in [3.05, 3.63) is 24.2 Å². The number of amides is 1. The van der Waals surface area contributed by atoms with Crippen LogP contribution in [0.2, 0.25) is 0 Å². The molecule has 0 bridgehead atoms. The number of imidazole rings is 1. The second-order valence-electron chi connectivity index (χ2n) is 6.55. The number of nitrogens with one attached hydrogen (secondary N) is 2. The quantitative estimate of drug-likeness (QED) is 0.748. The van der Waals surface area contributed by atoms with Crippen LogP contribution in [-0.2, 0) is 6.54 Å². The Labute approximate surface area is 135 Å². The second-order valence-corrected chi connectivity index (χ2v) is 6.55. The normalized spacial score (nSPS) is 21.2. The monoisotopic (exact) mass is 317 g/mol. The molecule has 23 heavy (non-hydrogen) atoms. The van der Waals surface area contributed by atoms with Gasteiger partial charge in [0.25, 0.3) is 5.91 Å². The first-order chi connectivity index (χ1) is 11.1. The van der Waals surface area contributed by atoms with E-state index in [4.69, 9.17) is 5.11 Å². The molecule has 3 N–H and O–H groups in total. The molecule has 3 rings (SSSR count). The van der Waals surface area contributed by atoms with Crippen LogP contribution in [0.5, 0.6) is 0 Å². The number of nitrogens with zero attached hydrogens (tertiary/aromatic N) is 3. The van der Waals surface area contributed by atoms with E-state index in [9.17, 15) is 4.79 Å². The van der Waals surface area contributed by atoms with Gasteiger partial charge >= 0.3 is 0 Å². The van der Waals surface area contributed by atoms with Gasteiger partial charge in [-0.15, -0.1) is 0 Å². The van der Waals surface area contributed by atoms with Crippen LogP contribution in [0, 0.1) is 5.92 Å². The topological polar surface area (TPSA) is 92.1 Å². The number of fused-ring (bicyclic) bond motifs is 1. The number of carbonyl (C=O) groups excluding carboxylic acids is 1. The Morgan fingerprint density at radius 3 is 3.04 bits per heavy atom. The number of pyridine rings is 1. The molecule has 7 heteroatoms. The smallest absolute Gasteiger partial charge is 0.253 e. The van der Waals surface area contributed by atoms with Crippen LogP contribution in [0.25, 0.3) is 11.2 Å². The van der Waals surface area contributed by atoms with Gasteiger partial charge in [0.2, 0.25) is 0 Å². The molecule has 0 unspecified atom stereocenters. The maximum atomic E-state index is 12.3. The molecule has 7 nitrogen and oxygen atoms in total. The second kappa shape index (κ2) is 6.64. The number of hydrogen-bond donors (Lipinski definition) is 3. The van der Waals surface area contributed by atoms with Gasteiger partial charge in [-0.1, -0.05) is 13.8 Å². The Balaban J connectivity index is 1.71. The van der Waals surface area contributed by atoms with Crippen molar-refractivity contribution in [3.8, 4) is 0 Å². The highest BCUT2D eigenvalue weighted by atomic mass is 16.3. The number of hydrogen-bond acceptors (Lipinski definition) is 5. The molecule has 1 aliphatic heterocycles. The molecular weight excluding hydrogens is 294 g/mol. The van der Waals surface area contributed by atoms with Crippen molar-refractivity contribution < 1.29 is 9.90 Å². The summed E-state index contributed by atoms with van der Waals surface area (Å²) in [5.41, 5.74) is 2.05. The number of rotatable bonds is 5. The highest BCUT2D eigenvalue weighted by Crippen LogP contribution is 2.14. The highest BCUT2D eigenvalue weighted by molar-refractivity contribution is 5.96. The summed E-state index contributed by atoms with van der Waals surface area (Å²) in [6, 6.07) is 1.88. The molecule has 0 radical (unpaired) electrons. The first-order valence-electron chi connectivity index (χ1n) is 8.02. The molecule has 3 heterocycles. The minimum atomic E-state index is -0.150. The standard InChI is InChI=1S/C16H23N5O2/c1-10(2)7-21-9-19-14-3-11(5-18-15(14)21)16(23)20-12-4-13(8-22)17-6-12/h3,5,9-10,12-13,17,22H,4,6-8H2,1-2H3,(H,20,23)/t12-,13+/m1/s1. The third-order valence-electron chi connectivity index (χ3n) is 4.06. The van der Waals surface area contributed by atoms with Gasteiger partial charge in [0.05, 0.1) is 18.5 Å². The van der Waals surface area contributed by atoms with E-state index in [1.165, 1.54) is 0 Å². The van der Waals surface area contributed by atoms with Gasteiger partial charge in [0.1, 0.15) is 5.52 Å². The van der Waals surface area contributed by atoms with E-state index < -0.39 is 0 Å². The summed E-state index contributed by atoms with van der Waals surface area (Å²) < 4.78 is 2.01. The van der Waals surface area contributed by atoms with Crippen molar-refractivity contribution in [2.24, 2.45) is 5.92 Å². The molecule has 1 fully saturated rings. The van der Waals surface area contributed by atoms with Gasteiger partial charge in [-0.2, -0.15) is 0 Å². The van der Waals surface area contributed by atoms with Gasteiger partial charge in [0.15, 0.2) is 5.65 Å². The Kier molecular flexibility index (Phi) is 4.58. The Morgan fingerprint density at radius 1 is 1.52 bits per heavy atom. The minimum Gasteiger partial charge on any atom is -0.395 e. The zero-order chi connectivity index (χ0) is 16.4. The van der Waals surface area contributed by atoms with E-state index in [-0.39, 0.29) is 24.6 Å². The average molecular weight is 317 g/mol. The van der Waals surface area contributed by atoms with E-state index in [0.29, 0.717) is 18.0 Å². The van der Waals surface area contributed by atoms with Crippen molar-refractivity contribution in [2.45, 2.75) is 38.9 Å². The highest BCUT2D eigenvalue weighted by Gasteiger charge is 2.25. The molecule has 2 aromatic rings. The van der Waals surface area contributed by atoms with Crippen LogP contribution < -0.4 is 10.6 Å². The van der Waals surface area contributed by atoms with E-state index in [1.54, 1.807) is 18.6 Å². The molecule has 2 atom stereocenters. The summed E-state index contributed by atoms with van der Waals surface area (Å²) >= 11 is 0. The van der Waals surface area contributed by atoms with Crippen molar-refractivity contribution in [1.29, 1.82) is 0 Å². The number of aliphatic hydroxyl groups excluding tert-OH is 1. The van der Waals surface area contributed by atoms with Crippen LogP contribution >= 0.6 is 0 Å². The third-order valence-corrected chi connectivity index (χ3v) is 4.06. The molecular formula is C16H23N5O2. The Morgan fingerprint density at radius 2 is 2.35 bits per heavy atom. The number of carbonyl (C=O) groups is 1. The predicted octanol–water partition coefficient (Wildman–Crippen LogP) is 0.540. The van der Waals surface area contributed by atoms with Crippen LogP contribution in [0.4, 0.5) is 0 Å². The third kappa shape index (κ3) is 3.51. The molecule has 0 spiro atoms. The molecule has 0 aliphatic carbocycles. The summed E-state index contributed by atoms with van der Waals surface area (Å²) in [5, 5.41) is 15.3. The van der Waals surface area contributed by atoms with E-state index in [0.717, 1.165) is 24.1 Å². The molecule has 1 saturated heterocycles. The predicted molar refractivity (Wildman–Crippen MR) is 87.1 cm³/mol. The molecule has 0 saturated carbocycles. The zero-order valence-corrected chi connectivity index (χ0v) is 13.5. The summed E-state index contributed by atoms with van der Waals surface area (Å²) in [5.74, 6) is 0.356. The van der Waals surface area contributed by atoms with E-state index in [1.807, 2.05) is 4.57 Å². The summed E-state index contributed by atoms with van der Waals surface area (Å²) in [7, 11) is 0. The van der Waals surface area contributed by atoms with Gasteiger partial charge in [-0.3, -0.25) is 4.79 Å². The fourth-order valence-corrected chi connectivity index (χ4v) is 2.94. The van der Waals surface area contributed by atoms with Crippen molar-refractivity contribution in [2.75, 3.05) is 13.2 Å². The maximum Gasteiger partial charge on any atom is 0.253 e. The lowest BCUT2D eigenvalue weighted by Crippen LogP contribution is -2.36. The SMILES string of the molecule is CC(C)Cn1cnc2cc(C(=O)N[C@H]3CN[C@H](CO)C3)cnc21. The first kappa shape index (κ1) is 15.9. The molecule has 1 aliphatic rings. The van der Waals surface area contributed by atoms with Crippen molar-refractivity contribution in [1.82, 2.24) is 25.2 Å². The van der Waals surface area contributed by atoms with Gasteiger partial charge in [0, 0.05) is 31.4 Å². The van der Waals surface area contributed by atoms with Crippen molar-refractivity contribution >= 4 is 17.1 Å². The molecule has 0 aromatic carbocycles. The minimum absolute atomic E-state index is 0.0360. The lowest BCUT2D eigenvalue weighted by Gasteiger charge is -2.12. The Hall–Kier alpha value is -1.99. The molecule has 1 amide bonds. The van der Waals surface area contributed by atoms with Gasteiger partial charge in [-0.05, 0) is 18.4 Å². The van der Waals surface area contributed by atoms with Crippen molar-refractivity contribution in [3.63, 3.8) is 0 Å². The fraction of sp³-hybridized carbons (Fsp3) is 0.562. The van der Waals surface area contributed by atoms with Gasteiger partial charge < -0.3 is 20.3 Å². The van der Waals surface area contributed by atoms with Crippen LogP contribution in [0.3, 0.4) is 0 Å². The van der Waals surface area contributed by atoms with Gasteiger partial charge in [-0.25, -0.2) is 9.97 Å². The lowest BCUT2D eigenvalue weighted by molar-refractivity contribution is 0.0939. The first-order valence-corrected chi connectivity index (χ1v) is 8.02. The number of aliphatic hydroxyl groups is 1. The molecule has 124 valence electrons. The van der Waals surface area contributed by atoms with Crippen LogP contribution in [-0.4, -0.2) is 50.8 Å². The maximum absolute atomic E-state index is 12.3. The number of aromatic nitrogens is 3. The van der Waals surface area contributed by atoms with Crippen LogP contribution in [0.1, 0.15) is 30.6 Å².